The first-order valence-electron chi connectivity index (χ1n) is 7.46. The summed E-state index contributed by atoms with van der Waals surface area (Å²) in [6.07, 6.45) is -1.33. The fraction of sp³-hybridized carbons (Fsp3) is 0.733. The SMILES string of the molecule is C=C1C(=O)O[C@H]2C[C@]3(C)C[C@]4(O)[C@@H](O[C@H]5CC(=O)O[C@]54[C@H]12)O3. The normalized spacial score (nSPS) is 58.2. The van der Waals surface area contributed by atoms with Crippen LogP contribution in [-0.2, 0) is 28.5 Å². The molecule has 2 bridgehead atoms. The van der Waals surface area contributed by atoms with Gasteiger partial charge in [0.15, 0.2) is 17.5 Å². The summed E-state index contributed by atoms with van der Waals surface area (Å²) in [5.74, 6) is -1.56. The van der Waals surface area contributed by atoms with Crippen LogP contribution in [0, 0.1) is 5.92 Å². The first-order valence-corrected chi connectivity index (χ1v) is 7.46. The lowest BCUT2D eigenvalue weighted by atomic mass is 9.68. The van der Waals surface area contributed by atoms with E-state index in [-0.39, 0.29) is 18.4 Å². The predicted molar refractivity (Wildman–Crippen MR) is 68.3 cm³/mol. The van der Waals surface area contributed by atoms with E-state index in [0.29, 0.717) is 6.42 Å². The van der Waals surface area contributed by atoms with Gasteiger partial charge in [-0.05, 0) is 6.92 Å². The minimum Gasteiger partial charge on any atom is -0.458 e. The average Bonchev–Trinajstić information content (AvgIpc) is 2.98. The minimum absolute atomic E-state index is 0.0313. The fourth-order valence-electron chi connectivity index (χ4n) is 5.18. The molecule has 4 saturated heterocycles. The third-order valence-electron chi connectivity index (χ3n) is 5.87. The van der Waals surface area contributed by atoms with E-state index >= 15 is 0 Å². The Bertz CT molecular complexity index is 644. The number of carbonyl (C=O) groups excluding carboxylic acids is 2. The molecule has 4 heterocycles. The second-order valence-electron chi connectivity index (χ2n) is 7.25. The molecule has 5 rings (SSSR count). The number of hydrogen-bond acceptors (Lipinski definition) is 7. The van der Waals surface area contributed by atoms with Gasteiger partial charge in [-0.2, -0.15) is 0 Å². The highest BCUT2D eigenvalue weighted by Crippen LogP contribution is 2.65. The Morgan fingerprint density at radius 3 is 2.91 bits per heavy atom. The standard InChI is InChI=1S/C15H16O7/c1-6-10-7(19-11(6)17)4-13(2)5-14(18)12(22-13)20-8-3-9(16)21-15(8,10)14/h7-8,10,12,18H,1,3-5H2,2H3/t7-,8-,10+,12-,13+,14-,15-/m0/s1. The van der Waals surface area contributed by atoms with Gasteiger partial charge in [-0.15, -0.1) is 0 Å². The summed E-state index contributed by atoms with van der Waals surface area (Å²) >= 11 is 0. The molecule has 7 nitrogen and oxygen atoms in total. The van der Waals surface area contributed by atoms with Crippen LogP contribution in [-0.4, -0.2) is 52.3 Å². The second kappa shape index (κ2) is 3.39. The molecule has 0 aromatic carbocycles. The van der Waals surface area contributed by atoms with E-state index in [9.17, 15) is 14.7 Å². The van der Waals surface area contributed by atoms with Crippen molar-refractivity contribution in [3.63, 3.8) is 0 Å². The van der Waals surface area contributed by atoms with Crippen molar-refractivity contribution in [3.05, 3.63) is 12.2 Å². The molecule has 0 aromatic rings. The maximum absolute atomic E-state index is 12.0. The first kappa shape index (κ1) is 13.0. The topological polar surface area (TPSA) is 91.3 Å². The second-order valence-corrected chi connectivity index (χ2v) is 7.25. The molecule has 4 aliphatic heterocycles. The summed E-state index contributed by atoms with van der Waals surface area (Å²) in [7, 11) is 0. The first-order chi connectivity index (χ1) is 10.3. The molecule has 1 N–H and O–H groups in total. The van der Waals surface area contributed by atoms with Crippen LogP contribution in [0.5, 0.6) is 0 Å². The molecule has 118 valence electrons. The Morgan fingerprint density at radius 1 is 1.36 bits per heavy atom. The molecule has 0 amide bonds. The highest BCUT2D eigenvalue weighted by atomic mass is 16.7. The Labute approximate surface area is 126 Å². The van der Waals surface area contributed by atoms with E-state index in [1.165, 1.54) is 0 Å². The molecule has 5 aliphatic rings. The molecule has 7 atom stereocenters. The van der Waals surface area contributed by atoms with Crippen LogP contribution in [0.25, 0.3) is 0 Å². The van der Waals surface area contributed by atoms with Gasteiger partial charge in [-0.25, -0.2) is 4.79 Å². The Kier molecular flexibility index (Phi) is 2.01. The molecule has 0 unspecified atom stereocenters. The highest BCUT2D eigenvalue weighted by molar-refractivity contribution is 5.92. The van der Waals surface area contributed by atoms with Gasteiger partial charge in [0.1, 0.15) is 12.2 Å². The zero-order valence-electron chi connectivity index (χ0n) is 12.0. The molecule has 1 spiro atoms. The van der Waals surface area contributed by atoms with Gasteiger partial charge in [-0.3, -0.25) is 4.79 Å². The van der Waals surface area contributed by atoms with Crippen LogP contribution in [0.15, 0.2) is 12.2 Å². The number of fused-ring (bicyclic) bond motifs is 2. The van der Waals surface area contributed by atoms with Crippen LogP contribution >= 0.6 is 0 Å². The van der Waals surface area contributed by atoms with Gasteiger partial charge in [0.05, 0.1) is 17.9 Å². The molecule has 5 fully saturated rings. The number of carbonyl (C=O) groups is 2. The summed E-state index contributed by atoms with van der Waals surface area (Å²) in [5, 5.41) is 11.4. The van der Waals surface area contributed by atoms with Crippen molar-refractivity contribution in [1.29, 1.82) is 0 Å². The van der Waals surface area contributed by atoms with Gasteiger partial charge in [0.2, 0.25) is 0 Å². The fourth-order valence-corrected chi connectivity index (χ4v) is 5.18. The zero-order chi connectivity index (χ0) is 15.5. The Balaban J connectivity index is 1.77. The van der Waals surface area contributed by atoms with Crippen LogP contribution in [0.1, 0.15) is 26.2 Å². The van der Waals surface area contributed by atoms with Gasteiger partial charge in [0.25, 0.3) is 0 Å². The largest absolute Gasteiger partial charge is 0.458 e. The van der Waals surface area contributed by atoms with Crippen LogP contribution in [0.4, 0.5) is 0 Å². The maximum atomic E-state index is 12.0. The number of aliphatic hydroxyl groups is 1. The van der Waals surface area contributed by atoms with Crippen LogP contribution in [0.2, 0.25) is 0 Å². The number of hydrogen-bond donors (Lipinski definition) is 1. The molecule has 1 aliphatic carbocycles. The smallest absolute Gasteiger partial charge is 0.334 e. The predicted octanol–water partition coefficient (Wildman–Crippen LogP) is -0.191. The molecular weight excluding hydrogens is 292 g/mol. The van der Waals surface area contributed by atoms with Crippen molar-refractivity contribution in [1.82, 2.24) is 0 Å². The van der Waals surface area contributed by atoms with Crippen molar-refractivity contribution in [2.45, 2.75) is 61.5 Å². The zero-order valence-corrected chi connectivity index (χ0v) is 12.0. The Hall–Kier alpha value is -1.44. The van der Waals surface area contributed by atoms with Gasteiger partial charge < -0.3 is 24.1 Å². The molecule has 0 aromatic heterocycles. The van der Waals surface area contributed by atoms with E-state index in [4.69, 9.17) is 18.9 Å². The Morgan fingerprint density at radius 2 is 2.14 bits per heavy atom. The lowest BCUT2D eigenvalue weighted by Gasteiger charge is -2.41. The minimum atomic E-state index is -1.49. The van der Waals surface area contributed by atoms with E-state index in [0.717, 1.165) is 0 Å². The van der Waals surface area contributed by atoms with E-state index in [1.54, 1.807) is 0 Å². The van der Waals surface area contributed by atoms with Crippen molar-refractivity contribution < 1.29 is 33.6 Å². The summed E-state index contributed by atoms with van der Waals surface area (Å²) in [6.45, 7) is 5.67. The molecular formula is C15H16O7. The third-order valence-corrected chi connectivity index (χ3v) is 5.87. The number of rotatable bonds is 0. The van der Waals surface area contributed by atoms with E-state index in [1.807, 2.05) is 6.92 Å². The number of ether oxygens (including phenoxy) is 4. The molecule has 0 radical (unpaired) electrons. The lowest BCUT2D eigenvalue weighted by Crippen LogP contribution is -2.62. The summed E-state index contributed by atoms with van der Waals surface area (Å²) in [4.78, 5) is 23.9. The summed E-state index contributed by atoms with van der Waals surface area (Å²) in [5.41, 5.74) is -3.30. The van der Waals surface area contributed by atoms with Crippen molar-refractivity contribution >= 4 is 11.9 Å². The monoisotopic (exact) mass is 308 g/mol. The summed E-state index contributed by atoms with van der Waals surface area (Å²) < 4.78 is 22.8. The van der Waals surface area contributed by atoms with Gasteiger partial charge in [0, 0.05) is 18.4 Å². The van der Waals surface area contributed by atoms with Gasteiger partial charge >= 0.3 is 11.9 Å². The molecule has 22 heavy (non-hydrogen) atoms. The van der Waals surface area contributed by atoms with Crippen molar-refractivity contribution in [2.75, 3.05) is 0 Å². The number of esters is 2. The molecule has 1 saturated carbocycles. The lowest BCUT2D eigenvalue weighted by molar-refractivity contribution is -0.216. The average molecular weight is 308 g/mol. The third kappa shape index (κ3) is 1.15. The van der Waals surface area contributed by atoms with Crippen LogP contribution in [0.3, 0.4) is 0 Å². The quantitative estimate of drug-likeness (QED) is 0.490. The van der Waals surface area contributed by atoms with Crippen molar-refractivity contribution in [2.24, 2.45) is 5.92 Å². The van der Waals surface area contributed by atoms with Crippen molar-refractivity contribution in [3.8, 4) is 0 Å². The van der Waals surface area contributed by atoms with E-state index in [2.05, 4.69) is 6.58 Å². The highest BCUT2D eigenvalue weighted by Gasteiger charge is 2.83. The van der Waals surface area contributed by atoms with E-state index < -0.39 is 53.2 Å². The summed E-state index contributed by atoms with van der Waals surface area (Å²) in [6, 6.07) is 0. The molecule has 7 heteroatoms. The van der Waals surface area contributed by atoms with Gasteiger partial charge in [-0.1, -0.05) is 6.58 Å². The maximum Gasteiger partial charge on any atom is 0.334 e. The van der Waals surface area contributed by atoms with Crippen LogP contribution < -0.4 is 0 Å².